The Morgan fingerprint density at radius 3 is 2.77 bits per heavy atom. The summed E-state index contributed by atoms with van der Waals surface area (Å²) >= 11 is 1.23. The summed E-state index contributed by atoms with van der Waals surface area (Å²) in [7, 11) is 1.31. The normalized spacial score (nSPS) is 17.0. The first kappa shape index (κ1) is 18.0. The number of aliphatic imine (C=N–C) groups is 1. The van der Waals surface area contributed by atoms with Gasteiger partial charge in [0.15, 0.2) is 5.17 Å². The van der Waals surface area contributed by atoms with Crippen molar-refractivity contribution in [1.29, 1.82) is 0 Å². The van der Waals surface area contributed by atoms with E-state index in [0.29, 0.717) is 27.2 Å². The van der Waals surface area contributed by atoms with Crippen molar-refractivity contribution in [1.82, 2.24) is 5.32 Å². The number of amidine groups is 1. The van der Waals surface area contributed by atoms with Crippen LogP contribution in [0.5, 0.6) is 0 Å². The third-order valence-corrected chi connectivity index (χ3v) is 4.76. The number of carbonyl (C=O) groups excluding carboxylic acids is 2. The zero-order valence-electron chi connectivity index (χ0n) is 14.9. The predicted octanol–water partition coefficient (Wildman–Crippen LogP) is 3.88. The van der Waals surface area contributed by atoms with E-state index in [9.17, 15) is 9.59 Å². The van der Waals surface area contributed by atoms with Gasteiger partial charge in [-0.2, -0.15) is 0 Å². The summed E-state index contributed by atoms with van der Waals surface area (Å²) in [6.07, 6.45) is 1.59. The molecule has 1 saturated heterocycles. The third kappa shape index (κ3) is 3.72. The van der Waals surface area contributed by atoms with E-state index < -0.39 is 5.97 Å². The second-order valence-corrected chi connectivity index (χ2v) is 6.91. The van der Waals surface area contributed by atoms with Gasteiger partial charge in [-0.1, -0.05) is 12.1 Å². The molecule has 0 spiro atoms. The third-order valence-electron chi connectivity index (χ3n) is 3.85. The number of nitrogens with one attached hydrogen (secondary N) is 1. The second-order valence-electron chi connectivity index (χ2n) is 5.88. The fraction of sp³-hybridized carbons (Fsp3) is 0.211. The summed E-state index contributed by atoms with van der Waals surface area (Å²) in [6.45, 7) is 5.63. The lowest BCUT2D eigenvalue weighted by Gasteiger charge is -2.02. The molecule has 7 heteroatoms. The second kappa shape index (κ2) is 7.21. The van der Waals surface area contributed by atoms with E-state index in [4.69, 9.17) is 9.15 Å². The highest BCUT2D eigenvalue weighted by Gasteiger charge is 2.25. The Bertz CT molecular complexity index is 956. The van der Waals surface area contributed by atoms with Crippen LogP contribution in [0.4, 0.5) is 5.69 Å². The Kier molecular flexibility index (Phi) is 4.99. The lowest BCUT2D eigenvalue weighted by atomic mass is 10.1. The van der Waals surface area contributed by atoms with Gasteiger partial charge in [0.2, 0.25) is 0 Å². The molecule has 0 bridgehead atoms. The van der Waals surface area contributed by atoms with Crippen LogP contribution in [0.15, 0.2) is 38.6 Å². The number of amides is 1. The first-order chi connectivity index (χ1) is 12.4. The van der Waals surface area contributed by atoms with Gasteiger partial charge >= 0.3 is 5.97 Å². The highest BCUT2D eigenvalue weighted by atomic mass is 32.2. The number of esters is 1. The zero-order valence-corrected chi connectivity index (χ0v) is 15.7. The molecule has 26 heavy (non-hydrogen) atoms. The Morgan fingerprint density at radius 2 is 2.04 bits per heavy atom. The van der Waals surface area contributed by atoms with Gasteiger partial charge < -0.3 is 14.5 Å². The molecule has 1 N–H and O–H groups in total. The molecule has 0 unspecified atom stereocenters. The average molecular weight is 370 g/mol. The molecule has 3 rings (SSSR count). The minimum atomic E-state index is -0.475. The van der Waals surface area contributed by atoms with Crippen LogP contribution < -0.4 is 5.32 Å². The monoisotopic (exact) mass is 370 g/mol. The van der Waals surface area contributed by atoms with Crippen LogP contribution in [-0.2, 0) is 9.53 Å². The van der Waals surface area contributed by atoms with Gasteiger partial charge in [-0.25, -0.2) is 9.79 Å². The maximum Gasteiger partial charge on any atom is 0.341 e. The molecule has 2 heterocycles. The Morgan fingerprint density at radius 1 is 1.27 bits per heavy atom. The SMILES string of the molecule is COC(=O)c1cc(/C=C2\SC(=Nc3cc(C)ccc3C)NC2=O)oc1C. The van der Waals surface area contributed by atoms with E-state index in [1.54, 1.807) is 19.1 Å². The number of furan rings is 1. The van der Waals surface area contributed by atoms with Crippen LogP contribution >= 0.6 is 11.8 Å². The van der Waals surface area contributed by atoms with E-state index in [0.717, 1.165) is 16.8 Å². The summed E-state index contributed by atoms with van der Waals surface area (Å²) < 4.78 is 10.2. The van der Waals surface area contributed by atoms with Crippen molar-refractivity contribution in [2.75, 3.05) is 7.11 Å². The zero-order chi connectivity index (χ0) is 18.8. The van der Waals surface area contributed by atoms with Crippen LogP contribution in [-0.4, -0.2) is 24.2 Å². The van der Waals surface area contributed by atoms with E-state index in [1.165, 1.54) is 18.9 Å². The number of ether oxygens (including phenoxy) is 1. The van der Waals surface area contributed by atoms with Crippen LogP contribution in [0.3, 0.4) is 0 Å². The summed E-state index contributed by atoms with van der Waals surface area (Å²) in [5.41, 5.74) is 3.28. The van der Waals surface area contributed by atoms with Gasteiger partial charge in [-0.3, -0.25) is 4.79 Å². The highest BCUT2D eigenvalue weighted by molar-refractivity contribution is 8.18. The summed E-state index contributed by atoms with van der Waals surface area (Å²) in [5.74, 6) is 0.120. The van der Waals surface area contributed by atoms with Crippen molar-refractivity contribution in [2.24, 2.45) is 4.99 Å². The van der Waals surface area contributed by atoms with E-state index in [-0.39, 0.29) is 5.91 Å². The minimum Gasteiger partial charge on any atom is -0.465 e. The molecule has 0 radical (unpaired) electrons. The topological polar surface area (TPSA) is 80.9 Å². The molecule has 1 aliphatic rings. The van der Waals surface area contributed by atoms with Crippen molar-refractivity contribution < 1.29 is 18.7 Å². The number of benzene rings is 1. The molecule has 1 aromatic heterocycles. The molecule has 1 amide bonds. The average Bonchev–Trinajstić information content (AvgIpc) is 3.13. The molecule has 1 fully saturated rings. The van der Waals surface area contributed by atoms with Gasteiger partial charge in [0.05, 0.1) is 17.7 Å². The minimum absolute atomic E-state index is 0.257. The first-order valence-electron chi connectivity index (χ1n) is 7.93. The van der Waals surface area contributed by atoms with Crippen LogP contribution in [0.1, 0.15) is 33.0 Å². The lowest BCUT2D eigenvalue weighted by Crippen LogP contribution is -2.19. The Hall–Kier alpha value is -2.80. The molecule has 0 atom stereocenters. The molecular weight excluding hydrogens is 352 g/mol. The maximum atomic E-state index is 12.2. The van der Waals surface area contributed by atoms with Gasteiger partial charge in [-0.15, -0.1) is 0 Å². The smallest absolute Gasteiger partial charge is 0.341 e. The maximum absolute atomic E-state index is 12.2. The summed E-state index contributed by atoms with van der Waals surface area (Å²) in [5, 5.41) is 3.25. The number of nitrogens with zero attached hydrogens (tertiary/aromatic N) is 1. The van der Waals surface area contributed by atoms with Crippen molar-refractivity contribution in [2.45, 2.75) is 20.8 Å². The van der Waals surface area contributed by atoms with E-state index >= 15 is 0 Å². The summed E-state index contributed by atoms with van der Waals surface area (Å²) in [6, 6.07) is 7.53. The molecule has 0 aliphatic carbocycles. The molecular formula is C19H18N2O4S. The van der Waals surface area contributed by atoms with Gasteiger partial charge in [0.1, 0.15) is 17.1 Å². The molecule has 6 nitrogen and oxygen atoms in total. The van der Waals surface area contributed by atoms with Crippen molar-refractivity contribution in [3.8, 4) is 0 Å². The van der Waals surface area contributed by atoms with Crippen LogP contribution in [0.25, 0.3) is 6.08 Å². The Balaban J connectivity index is 1.86. The number of hydrogen-bond donors (Lipinski definition) is 1. The number of hydrogen-bond acceptors (Lipinski definition) is 6. The number of rotatable bonds is 3. The fourth-order valence-electron chi connectivity index (χ4n) is 2.45. The summed E-state index contributed by atoms with van der Waals surface area (Å²) in [4.78, 5) is 28.8. The molecule has 1 aliphatic heterocycles. The van der Waals surface area contributed by atoms with Gasteiger partial charge in [0, 0.05) is 6.08 Å². The number of methoxy groups -OCH3 is 1. The van der Waals surface area contributed by atoms with E-state index in [1.807, 2.05) is 32.0 Å². The Labute approximate surface area is 155 Å². The van der Waals surface area contributed by atoms with Gasteiger partial charge in [-0.05, 0) is 55.8 Å². The highest BCUT2D eigenvalue weighted by Crippen LogP contribution is 2.30. The fourth-order valence-corrected chi connectivity index (χ4v) is 3.26. The number of aryl methyl sites for hydroxylation is 3. The van der Waals surface area contributed by atoms with Crippen LogP contribution in [0, 0.1) is 20.8 Å². The quantitative estimate of drug-likeness (QED) is 0.655. The molecule has 2 aromatic rings. The van der Waals surface area contributed by atoms with Crippen molar-refractivity contribution >= 4 is 40.6 Å². The van der Waals surface area contributed by atoms with Crippen molar-refractivity contribution in [3.63, 3.8) is 0 Å². The molecule has 134 valence electrons. The largest absolute Gasteiger partial charge is 0.465 e. The molecule has 0 saturated carbocycles. The predicted molar refractivity (Wildman–Crippen MR) is 102 cm³/mol. The first-order valence-corrected chi connectivity index (χ1v) is 8.74. The van der Waals surface area contributed by atoms with Gasteiger partial charge in [0.25, 0.3) is 5.91 Å². The van der Waals surface area contributed by atoms with E-state index in [2.05, 4.69) is 10.3 Å². The number of thioether (sulfide) groups is 1. The number of carbonyl (C=O) groups is 2. The molecule has 1 aromatic carbocycles. The van der Waals surface area contributed by atoms with Crippen molar-refractivity contribution in [3.05, 3.63) is 57.4 Å². The standard InChI is InChI=1S/C19H18N2O4S/c1-10-5-6-11(2)15(7-10)20-19-21-17(22)16(26-19)9-13-8-14(12(3)25-13)18(23)24-4/h5-9H,1-4H3,(H,20,21,22)/b16-9-. The van der Waals surface area contributed by atoms with Crippen LogP contribution in [0.2, 0.25) is 0 Å². The lowest BCUT2D eigenvalue weighted by molar-refractivity contribution is -0.115.